The van der Waals surface area contributed by atoms with E-state index in [1.54, 1.807) is 7.11 Å². The number of hydrogen-bond acceptors (Lipinski definition) is 6. The first-order valence-electron chi connectivity index (χ1n) is 12.6. The number of rotatable bonds is 9. The summed E-state index contributed by atoms with van der Waals surface area (Å²) >= 11 is 0. The number of aromatic nitrogens is 1. The normalized spacial score (nSPS) is 14.4. The fraction of sp³-hybridized carbons (Fsp3) is 0.300. The van der Waals surface area contributed by atoms with E-state index in [2.05, 4.69) is 82.6 Å². The van der Waals surface area contributed by atoms with Crippen molar-refractivity contribution in [3.05, 3.63) is 96.1 Å². The second-order valence-corrected chi connectivity index (χ2v) is 9.02. The number of hydrogen-bond donors (Lipinski definition) is 1. The Labute approximate surface area is 212 Å². The third-order valence-electron chi connectivity index (χ3n) is 6.77. The smallest absolute Gasteiger partial charge is 0.238 e. The minimum Gasteiger partial charge on any atom is -0.494 e. The van der Waals surface area contributed by atoms with Crippen LogP contribution in [-0.2, 0) is 0 Å². The van der Waals surface area contributed by atoms with Crippen molar-refractivity contribution < 1.29 is 14.6 Å². The number of methoxy groups -OCH3 is 1. The number of nitrogens with zero attached hydrogens (tertiary/aromatic N) is 3. The Kier molecular flexibility index (Phi) is 7.64. The van der Waals surface area contributed by atoms with Crippen molar-refractivity contribution in [3.63, 3.8) is 0 Å². The van der Waals surface area contributed by atoms with Crippen molar-refractivity contribution in [1.82, 2.24) is 9.88 Å². The van der Waals surface area contributed by atoms with Crippen LogP contribution in [-0.4, -0.2) is 61.5 Å². The summed E-state index contributed by atoms with van der Waals surface area (Å²) < 4.78 is 11.6. The Balaban J connectivity index is 1.42. The van der Waals surface area contributed by atoms with Crippen LogP contribution >= 0.6 is 0 Å². The molecular weight excluding hydrogens is 450 g/mol. The van der Waals surface area contributed by atoms with E-state index < -0.39 is 0 Å². The van der Waals surface area contributed by atoms with Gasteiger partial charge < -0.3 is 19.5 Å². The van der Waals surface area contributed by atoms with Crippen molar-refractivity contribution in [1.29, 1.82) is 0 Å². The summed E-state index contributed by atoms with van der Waals surface area (Å²) in [6, 6.07) is 29.8. The van der Waals surface area contributed by atoms with Crippen LogP contribution in [0.2, 0.25) is 0 Å². The maximum atomic E-state index is 9.25. The molecule has 2 heterocycles. The molecule has 0 bridgehead atoms. The first-order chi connectivity index (χ1) is 17.8. The number of ether oxygens (including phenoxy) is 2. The Morgan fingerprint density at radius 2 is 1.53 bits per heavy atom. The summed E-state index contributed by atoms with van der Waals surface area (Å²) in [6.07, 6.45) is 0.564. The average molecular weight is 484 g/mol. The maximum Gasteiger partial charge on any atom is 0.238 e. The summed E-state index contributed by atoms with van der Waals surface area (Å²) in [5.74, 6) is 1.32. The van der Waals surface area contributed by atoms with Gasteiger partial charge in [-0.1, -0.05) is 72.8 Å². The van der Waals surface area contributed by atoms with Crippen molar-refractivity contribution in [2.45, 2.75) is 12.5 Å². The van der Waals surface area contributed by atoms with Crippen LogP contribution in [0.15, 0.2) is 84.9 Å². The number of fused-ring (bicyclic) bond motifs is 1. The number of para-hydroxylation sites is 1. The molecule has 0 unspecified atom stereocenters. The molecule has 0 spiro atoms. The molecule has 0 atom stereocenters. The van der Waals surface area contributed by atoms with Gasteiger partial charge in [0.05, 0.1) is 19.8 Å². The predicted molar refractivity (Wildman–Crippen MR) is 144 cm³/mol. The van der Waals surface area contributed by atoms with Crippen LogP contribution in [0, 0.1) is 0 Å². The molecule has 0 amide bonds. The number of anilines is 1. The lowest BCUT2D eigenvalue weighted by Crippen LogP contribution is -2.48. The molecule has 0 saturated carbocycles. The van der Waals surface area contributed by atoms with Gasteiger partial charge in [-0.15, -0.1) is 0 Å². The van der Waals surface area contributed by atoms with Crippen molar-refractivity contribution >= 4 is 16.6 Å². The third kappa shape index (κ3) is 5.15. The molecule has 6 nitrogen and oxygen atoms in total. The second-order valence-electron chi connectivity index (χ2n) is 9.02. The first kappa shape index (κ1) is 24.1. The summed E-state index contributed by atoms with van der Waals surface area (Å²) in [4.78, 5) is 9.78. The summed E-state index contributed by atoms with van der Waals surface area (Å²) in [7, 11) is 1.66. The van der Waals surface area contributed by atoms with Crippen molar-refractivity contribution in [3.8, 4) is 11.6 Å². The average Bonchev–Trinajstić information content (AvgIpc) is 2.94. The molecule has 1 aromatic heterocycles. The zero-order valence-electron chi connectivity index (χ0n) is 20.7. The molecule has 0 aliphatic carbocycles. The van der Waals surface area contributed by atoms with Gasteiger partial charge in [-0.3, -0.25) is 4.90 Å². The Bertz CT molecular complexity index is 1220. The van der Waals surface area contributed by atoms with Gasteiger partial charge in [0.2, 0.25) is 5.88 Å². The molecule has 186 valence electrons. The van der Waals surface area contributed by atoms with E-state index in [4.69, 9.17) is 14.5 Å². The fourth-order valence-corrected chi connectivity index (χ4v) is 4.98. The van der Waals surface area contributed by atoms with E-state index in [9.17, 15) is 5.11 Å². The van der Waals surface area contributed by atoms with Crippen LogP contribution in [0.25, 0.3) is 10.9 Å². The quantitative estimate of drug-likeness (QED) is 0.341. The van der Waals surface area contributed by atoms with Gasteiger partial charge in [-0.25, -0.2) is 4.98 Å². The van der Waals surface area contributed by atoms with Gasteiger partial charge >= 0.3 is 0 Å². The minimum atomic E-state index is 0.0886. The minimum absolute atomic E-state index is 0.0886. The number of piperazine rings is 1. The molecule has 1 fully saturated rings. The molecule has 4 aromatic rings. The van der Waals surface area contributed by atoms with E-state index in [-0.39, 0.29) is 12.6 Å². The van der Waals surface area contributed by atoms with E-state index in [0.717, 1.165) is 48.5 Å². The molecule has 6 heteroatoms. The number of benzene rings is 3. The lowest BCUT2D eigenvalue weighted by Gasteiger charge is -2.41. The molecule has 1 saturated heterocycles. The van der Waals surface area contributed by atoms with Gasteiger partial charge in [0.15, 0.2) is 0 Å². The van der Waals surface area contributed by atoms with Crippen LogP contribution in [0.4, 0.5) is 5.69 Å². The molecule has 0 radical (unpaired) electrons. The molecule has 1 aliphatic rings. The van der Waals surface area contributed by atoms with Crippen molar-refractivity contribution in [2.75, 3.05) is 51.4 Å². The number of pyridine rings is 1. The highest BCUT2D eigenvalue weighted by Crippen LogP contribution is 2.36. The first-order valence-corrected chi connectivity index (χ1v) is 12.6. The van der Waals surface area contributed by atoms with Crippen molar-refractivity contribution in [2.24, 2.45) is 0 Å². The van der Waals surface area contributed by atoms with Gasteiger partial charge in [0, 0.05) is 44.6 Å². The topological polar surface area (TPSA) is 58.1 Å². The largest absolute Gasteiger partial charge is 0.494 e. The monoisotopic (exact) mass is 483 g/mol. The van der Waals surface area contributed by atoms with Crippen LogP contribution in [0.3, 0.4) is 0 Å². The van der Waals surface area contributed by atoms with Crippen LogP contribution in [0.5, 0.6) is 11.6 Å². The molecule has 3 aromatic carbocycles. The van der Waals surface area contributed by atoms with E-state index in [0.29, 0.717) is 18.9 Å². The number of aliphatic hydroxyl groups excluding tert-OH is 1. The SMILES string of the molecule is COc1cccc2cc(N3CCN(C(c4ccccc4)c4ccccc4)CC3)c(OCCCO)nc12. The fourth-order valence-electron chi connectivity index (χ4n) is 4.98. The highest BCUT2D eigenvalue weighted by atomic mass is 16.5. The zero-order chi connectivity index (χ0) is 24.7. The maximum absolute atomic E-state index is 9.25. The predicted octanol–water partition coefficient (Wildman–Crippen LogP) is 4.92. The number of aliphatic hydroxyl groups is 1. The van der Waals surface area contributed by atoms with Crippen LogP contribution < -0.4 is 14.4 Å². The summed E-state index contributed by atoms with van der Waals surface area (Å²) in [5, 5.41) is 10.3. The molecule has 5 rings (SSSR count). The van der Waals surface area contributed by atoms with Gasteiger partial charge in [-0.2, -0.15) is 0 Å². The Morgan fingerprint density at radius 3 is 2.14 bits per heavy atom. The zero-order valence-corrected chi connectivity index (χ0v) is 20.7. The molecular formula is C30H33N3O3. The summed E-state index contributed by atoms with van der Waals surface area (Å²) in [6.45, 7) is 4.07. The lowest BCUT2D eigenvalue weighted by molar-refractivity contribution is 0.210. The highest BCUT2D eigenvalue weighted by Gasteiger charge is 2.28. The molecule has 1 N–H and O–H groups in total. The van der Waals surface area contributed by atoms with E-state index >= 15 is 0 Å². The Morgan fingerprint density at radius 1 is 0.861 bits per heavy atom. The van der Waals surface area contributed by atoms with E-state index in [1.807, 2.05) is 12.1 Å². The molecule has 1 aliphatic heterocycles. The third-order valence-corrected chi connectivity index (χ3v) is 6.77. The van der Waals surface area contributed by atoms with Gasteiger partial charge in [-0.05, 0) is 23.3 Å². The van der Waals surface area contributed by atoms with Gasteiger partial charge in [0.25, 0.3) is 0 Å². The molecule has 36 heavy (non-hydrogen) atoms. The Hall–Kier alpha value is -3.61. The van der Waals surface area contributed by atoms with Gasteiger partial charge in [0.1, 0.15) is 17.0 Å². The lowest BCUT2D eigenvalue weighted by atomic mass is 9.96. The summed E-state index contributed by atoms with van der Waals surface area (Å²) in [5.41, 5.74) is 4.40. The second kappa shape index (κ2) is 11.4. The van der Waals surface area contributed by atoms with Crippen LogP contribution in [0.1, 0.15) is 23.6 Å². The van der Waals surface area contributed by atoms with E-state index in [1.165, 1.54) is 11.1 Å². The standard InChI is InChI=1S/C30H33N3O3/c1-35-27-15-8-14-25-22-26(30(31-28(25)27)36-21-9-20-34)32-16-18-33(19-17-32)29(23-10-4-2-5-11-23)24-12-6-3-7-13-24/h2-8,10-15,22,29,34H,9,16-21H2,1H3. The highest BCUT2D eigenvalue weighted by molar-refractivity contribution is 5.88.